The number of ether oxygens (including phenoxy) is 2. The monoisotopic (exact) mass is 251 g/mol. The van der Waals surface area contributed by atoms with E-state index in [-0.39, 0.29) is 17.9 Å². The van der Waals surface area contributed by atoms with E-state index < -0.39 is 0 Å². The molecule has 4 heteroatoms. The summed E-state index contributed by atoms with van der Waals surface area (Å²) in [5.41, 5.74) is 7.05. The van der Waals surface area contributed by atoms with Crippen molar-refractivity contribution < 1.29 is 14.3 Å². The van der Waals surface area contributed by atoms with E-state index in [9.17, 15) is 4.79 Å². The first kappa shape index (κ1) is 14.5. The molecule has 100 valence electrons. The fourth-order valence-corrected chi connectivity index (χ4v) is 1.75. The Balaban J connectivity index is 2.69. The Bertz CT molecular complexity index is 392. The van der Waals surface area contributed by atoms with E-state index >= 15 is 0 Å². The maximum Gasteiger partial charge on any atom is 0.310 e. The Morgan fingerprint density at radius 3 is 2.67 bits per heavy atom. The number of carbonyl (C=O) groups excluding carboxylic acids is 1. The van der Waals surface area contributed by atoms with Crippen LogP contribution < -0.4 is 10.5 Å². The van der Waals surface area contributed by atoms with Gasteiger partial charge >= 0.3 is 5.97 Å². The average Bonchev–Trinajstić information content (AvgIpc) is 2.38. The van der Waals surface area contributed by atoms with Gasteiger partial charge in [0.25, 0.3) is 0 Å². The number of benzene rings is 1. The predicted octanol–water partition coefficient (Wildman–Crippen LogP) is 1.76. The molecule has 1 aromatic carbocycles. The average molecular weight is 251 g/mol. The zero-order chi connectivity index (χ0) is 13.5. The number of nitrogens with two attached hydrogens (primary N) is 1. The van der Waals surface area contributed by atoms with E-state index in [0.29, 0.717) is 13.0 Å². The van der Waals surface area contributed by atoms with Crippen LogP contribution in [0.3, 0.4) is 0 Å². The van der Waals surface area contributed by atoms with E-state index in [1.54, 1.807) is 21.0 Å². The van der Waals surface area contributed by atoms with Gasteiger partial charge in [0, 0.05) is 6.04 Å². The lowest BCUT2D eigenvalue weighted by molar-refractivity contribution is -0.148. The highest BCUT2D eigenvalue weighted by Crippen LogP contribution is 2.20. The van der Waals surface area contributed by atoms with Crippen LogP contribution in [0.25, 0.3) is 0 Å². The van der Waals surface area contributed by atoms with Crippen LogP contribution in [0.1, 0.15) is 19.4 Å². The molecule has 0 aliphatic carbocycles. The molecule has 2 atom stereocenters. The van der Waals surface area contributed by atoms with Crippen LogP contribution in [-0.4, -0.2) is 25.7 Å². The summed E-state index contributed by atoms with van der Waals surface area (Å²) in [7, 11) is 1.62. The van der Waals surface area contributed by atoms with Crippen molar-refractivity contribution in [2.45, 2.75) is 26.3 Å². The number of para-hydroxylation sites is 1. The van der Waals surface area contributed by atoms with Crippen LogP contribution in [0.2, 0.25) is 0 Å². The standard InChI is InChI=1S/C14H21NO3/c1-4-18-14(16)10(2)12(15)9-11-7-5-6-8-13(11)17-3/h5-8,10,12H,4,9,15H2,1-3H3/t10-,12-/m1/s1. The Morgan fingerprint density at radius 1 is 1.39 bits per heavy atom. The van der Waals surface area contributed by atoms with Gasteiger partial charge in [-0.2, -0.15) is 0 Å². The molecule has 18 heavy (non-hydrogen) atoms. The van der Waals surface area contributed by atoms with Crippen molar-refractivity contribution >= 4 is 5.97 Å². The highest BCUT2D eigenvalue weighted by Gasteiger charge is 2.22. The lowest BCUT2D eigenvalue weighted by atomic mass is 9.95. The van der Waals surface area contributed by atoms with E-state index in [1.165, 1.54) is 0 Å². The van der Waals surface area contributed by atoms with Crippen LogP contribution in [0, 0.1) is 5.92 Å². The largest absolute Gasteiger partial charge is 0.496 e. The molecule has 0 amide bonds. The first-order valence-electron chi connectivity index (χ1n) is 6.14. The molecule has 0 aliphatic rings. The van der Waals surface area contributed by atoms with Crippen molar-refractivity contribution in [3.63, 3.8) is 0 Å². The van der Waals surface area contributed by atoms with Gasteiger partial charge in [-0.3, -0.25) is 4.79 Å². The topological polar surface area (TPSA) is 61.5 Å². The summed E-state index contributed by atoms with van der Waals surface area (Å²) >= 11 is 0. The first-order valence-corrected chi connectivity index (χ1v) is 6.14. The number of carbonyl (C=O) groups is 1. The molecule has 2 N–H and O–H groups in total. The molecule has 0 aromatic heterocycles. The number of methoxy groups -OCH3 is 1. The number of hydrogen-bond acceptors (Lipinski definition) is 4. The lowest BCUT2D eigenvalue weighted by Crippen LogP contribution is -2.36. The molecule has 0 saturated heterocycles. The number of esters is 1. The van der Waals surface area contributed by atoms with Gasteiger partial charge in [-0.25, -0.2) is 0 Å². The summed E-state index contributed by atoms with van der Waals surface area (Å²) in [5, 5.41) is 0. The third-order valence-electron chi connectivity index (χ3n) is 2.95. The lowest BCUT2D eigenvalue weighted by Gasteiger charge is -2.19. The Kier molecular flexibility index (Phi) is 5.65. The third kappa shape index (κ3) is 3.74. The van der Waals surface area contributed by atoms with Crippen LogP contribution >= 0.6 is 0 Å². The summed E-state index contributed by atoms with van der Waals surface area (Å²) in [6.45, 7) is 3.96. The second-order valence-corrected chi connectivity index (χ2v) is 4.22. The van der Waals surface area contributed by atoms with Crippen molar-refractivity contribution in [2.24, 2.45) is 11.7 Å². The zero-order valence-electron chi connectivity index (χ0n) is 11.2. The van der Waals surface area contributed by atoms with Crippen molar-refractivity contribution in [2.75, 3.05) is 13.7 Å². The van der Waals surface area contributed by atoms with Gasteiger partial charge in [0.15, 0.2) is 0 Å². The molecule has 0 bridgehead atoms. The highest BCUT2D eigenvalue weighted by molar-refractivity contribution is 5.72. The molecule has 0 heterocycles. The molecule has 1 aromatic rings. The maximum absolute atomic E-state index is 11.6. The summed E-state index contributed by atoms with van der Waals surface area (Å²) in [6.07, 6.45) is 0.587. The third-order valence-corrected chi connectivity index (χ3v) is 2.95. The van der Waals surface area contributed by atoms with Gasteiger partial charge in [-0.05, 0) is 25.0 Å². The minimum absolute atomic E-state index is 0.250. The maximum atomic E-state index is 11.6. The minimum Gasteiger partial charge on any atom is -0.496 e. The van der Waals surface area contributed by atoms with Gasteiger partial charge in [-0.15, -0.1) is 0 Å². The fraction of sp³-hybridized carbons (Fsp3) is 0.500. The molecule has 4 nitrogen and oxygen atoms in total. The first-order chi connectivity index (χ1) is 8.60. The quantitative estimate of drug-likeness (QED) is 0.783. The van der Waals surface area contributed by atoms with Crippen LogP contribution in [0.15, 0.2) is 24.3 Å². The normalized spacial score (nSPS) is 13.8. The van der Waals surface area contributed by atoms with Crippen molar-refractivity contribution in [1.29, 1.82) is 0 Å². The Hall–Kier alpha value is -1.55. The SMILES string of the molecule is CCOC(=O)[C@H](C)[C@H](N)Cc1ccccc1OC. The van der Waals surface area contributed by atoms with E-state index in [4.69, 9.17) is 15.2 Å². The molecule has 0 saturated carbocycles. The molecule has 0 spiro atoms. The minimum atomic E-state index is -0.324. The van der Waals surface area contributed by atoms with Gasteiger partial charge < -0.3 is 15.2 Å². The molecule has 1 rings (SSSR count). The van der Waals surface area contributed by atoms with Gasteiger partial charge in [0.05, 0.1) is 19.6 Å². The summed E-state index contributed by atoms with van der Waals surface area (Å²) in [6, 6.07) is 7.40. The molecular formula is C14H21NO3. The van der Waals surface area contributed by atoms with Gasteiger partial charge in [0.1, 0.15) is 5.75 Å². The highest BCUT2D eigenvalue weighted by atomic mass is 16.5. The Labute approximate surface area is 108 Å². The molecule has 0 fully saturated rings. The molecule has 0 aliphatic heterocycles. The van der Waals surface area contributed by atoms with Gasteiger partial charge in [-0.1, -0.05) is 25.1 Å². The van der Waals surface area contributed by atoms with Crippen LogP contribution in [0.5, 0.6) is 5.75 Å². The molecule has 0 unspecified atom stereocenters. The second-order valence-electron chi connectivity index (χ2n) is 4.22. The van der Waals surface area contributed by atoms with Crippen molar-refractivity contribution in [3.8, 4) is 5.75 Å². The molecule has 0 radical (unpaired) electrons. The number of hydrogen-bond donors (Lipinski definition) is 1. The van der Waals surface area contributed by atoms with Gasteiger partial charge in [0.2, 0.25) is 0 Å². The molecular weight excluding hydrogens is 230 g/mol. The second kappa shape index (κ2) is 7.01. The van der Waals surface area contributed by atoms with E-state index in [2.05, 4.69) is 0 Å². The van der Waals surface area contributed by atoms with Crippen molar-refractivity contribution in [3.05, 3.63) is 29.8 Å². The smallest absolute Gasteiger partial charge is 0.310 e. The van der Waals surface area contributed by atoms with Crippen molar-refractivity contribution in [1.82, 2.24) is 0 Å². The van der Waals surface area contributed by atoms with E-state index in [1.807, 2.05) is 24.3 Å². The summed E-state index contributed by atoms with van der Waals surface area (Å²) < 4.78 is 10.2. The van der Waals surface area contributed by atoms with E-state index in [0.717, 1.165) is 11.3 Å². The number of rotatable bonds is 6. The summed E-state index contributed by atoms with van der Waals surface area (Å²) in [4.78, 5) is 11.6. The Morgan fingerprint density at radius 2 is 2.06 bits per heavy atom. The summed E-state index contributed by atoms with van der Waals surface area (Å²) in [5.74, 6) is 0.221. The fourth-order valence-electron chi connectivity index (χ4n) is 1.75. The van der Waals surface area contributed by atoms with Crippen LogP contribution in [-0.2, 0) is 16.0 Å². The predicted molar refractivity (Wildman–Crippen MR) is 70.5 cm³/mol. The van der Waals surface area contributed by atoms with Crippen LogP contribution in [0.4, 0.5) is 0 Å². The zero-order valence-corrected chi connectivity index (χ0v) is 11.2.